The number of ether oxygens (including phenoxy) is 1. The van der Waals surface area contributed by atoms with Gasteiger partial charge in [0, 0.05) is 11.8 Å². The Morgan fingerprint density at radius 2 is 2.42 bits per heavy atom. The third-order valence-electron chi connectivity index (χ3n) is 2.75. The van der Waals surface area contributed by atoms with Crippen molar-refractivity contribution in [3.63, 3.8) is 0 Å². The summed E-state index contributed by atoms with van der Waals surface area (Å²) in [6.45, 7) is 5.94. The van der Waals surface area contributed by atoms with Gasteiger partial charge in [-0.2, -0.15) is 10.2 Å². The topological polar surface area (TPSA) is 125 Å². The highest BCUT2D eigenvalue weighted by Gasteiger charge is 2.18. The molecule has 0 spiro atoms. The minimum atomic E-state index is -0.692. The van der Waals surface area contributed by atoms with E-state index in [1.54, 1.807) is 23.9 Å². The number of aromatic nitrogens is 2. The van der Waals surface area contributed by atoms with Gasteiger partial charge in [-0.15, -0.1) is 6.58 Å². The van der Waals surface area contributed by atoms with Gasteiger partial charge in [-0.25, -0.2) is 10.2 Å². The Hall–Kier alpha value is -3.43. The molecule has 0 bridgehead atoms. The van der Waals surface area contributed by atoms with E-state index in [9.17, 15) is 14.9 Å². The van der Waals surface area contributed by atoms with E-state index in [0.29, 0.717) is 17.8 Å². The number of hydrazone groups is 1. The number of nitro groups is 1. The van der Waals surface area contributed by atoms with Crippen molar-refractivity contribution in [2.24, 2.45) is 5.10 Å². The molecule has 0 aromatic carbocycles. The van der Waals surface area contributed by atoms with E-state index < -0.39 is 16.9 Å². The van der Waals surface area contributed by atoms with E-state index in [1.165, 1.54) is 18.3 Å². The molecule has 2 rings (SSSR count). The zero-order valence-electron chi connectivity index (χ0n) is 12.8. The van der Waals surface area contributed by atoms with Crippen LogP contribution in [0.4, 0.5) is 10.7 Å². The Morgan fingerprint density at radius 3 is 3.04 bits per heavy atom. The minimum absolute atomic E-state index is 0.210. The van der Waals surface area contributed by atoms with Crippen molar-refractivity contribution in [2.45, 2.75) is 13.5 Å². The third-order valence-corrected chi connectivity index (χ3v) is 2.75. The van der Waals surface area contributed by atoms with Crippen molar-refractivity contribution in [1.29, 1.82) is 0 Å². The number of hydrogen-bond acceptors (Lipinski definition) is 7. The first-order valence-electron chi connectivity index (χ1n) is 6.94. The van der Waals surface area contributed by atoms with Gasteiger partial charge in [0.25, 0.3) is 0 Å². The largest absolute Gasteiger partial charge is 0.449 e. The molecule has 0 aliphatic rings. The smallest absolute Gasteiger partial charge is 0.433 e. The lowest BCUT2D eigenvalue weighted by Gasteiger charge is -1.98. The fourth-order valence-corrected chi connectivity index (χ4v) is 1.82. The number of hydrogen-bond donors (Lipinski definition) is 1. The van der Waals surface area contributed by atoms with E-state index in [1.807, 2.05) is 0 Å². The van der Waals surface area contributed by atoms with Crippen LogP contribution in [-0.2, 0) is 11.3 Å². The van der Waals surface area contributed by atoms with E-state index in [-0.39, 0.29) is 12.4 Å². The summed E-state index contributed by atoms with van der Waals surface area (Å²) in [4.78, 5) is 21.3. The Labute approximate surface area is 136 Å². The van der Waals surface area contributed by atoms with Crippen LogP contribution in [0, 0.1) is 10.1 Å². The first-order chi connectivity index (χ1) is 11.5. The number of furan rings is 1. The Balaban J connectivity index is 2.28. The average Bonchev–Trinajstić information content (AvgIpc) is 3.15. The molecule has 2 heterocycles. The van der Waals surface area contributed by atoms with Gasteiger partial charge in [0.15, 0.2) is 5.76 Å². The second kappa shape index (κ2) is 7.72. The van der Waals surface area contributed by atoms with Crippen molar-refractivity contribution in [1.82, 2.24) is 15.2 Å². The van der Waals surface area contributed by atoms with Gasteiger partial charge in [0.2, 0.25) is 0 Å². The van der Waals surface area contributed by atoms with E-state index >= 15 is 0 Å². The zero-order chi connectivity index (χ0) is 17.5. The van der Waals surface area contributed by atoms with Crippen LogP contribution in [0.5, 0.6) is 0 Å². The summed E-state index contributed by atoms with van der Waals surface area (Å²) in [6.07, 6.45) is 3.93. The van der Waals surface area contributed by atoms with E-state index in [2.05, 4.69) is 26.9 Å². The molecule has 0 atom stereocenters. The summed E-state index contributed by atoms with van der Waals surface area (Å²) in [7, 11) is 0. The number of amides is 1. The van der Waals surface area contributed by atoms with Crippen LogP contribution in [0.2, 0.25) is 0 Å². The van der Waals surface area contributed by atoms with Crippen LogP contribution in [0.3, 0.4) is 0 Å². The number of allylic oxidation sites excluding steroid dienone is 1. The SMILES string of the molecule is C=CCn1cc(C=NNC(=O)OCC)c(-c2ccc([N+](=O)[O-])o2)n1. The standard InChI is InChI=1S/C14H15N5O5/c1-3-7-18-9-10(8-15-16-14(20)23-4-2)13(17-18)11-5-6-12(24-11)19(21)22/h3,5-6,8-9H,1,4,7H2,2H3,(H,16,20). The second-order valence-corrected chi connectivity index (χ2v) is 4.43. The molecule has 0 fully saturated rings. The number of carbonyl (C=O) groups excluding carboxylic acids is 1. The number of nitrogens with one attached hydrogen (secondary N) is 1. The molecular weight excluding hydrogens is 318 g/mol. The van der Waals surface area contributed by atoms with Crippen molar-refractivity contribution in [3.8, 4) is 11.5 Å². The summed E-state index contributed by atoms with van der Waals surface area (Å²) in [6, 6.07) is 2.68. The quantitative estimate of drug-likeness (QED) is 0.359. The van der Waals surface area contributed by atoms with Crippen molar-refractivity contribution >= 4 is 18.2 Å². The monoisotopic (exact) mass is 333 g/mol. The van der Waals surface area contributed by atoms with Crippen molar-refractivity contribution in [3.05, 3.63) is 46.7 Å². The number of carbonyl (C=O) groups is 1. The number of nitrogens with zero attached hydrogens (tertiary/aromatic N) is 4. The highest BCUT2D eigenvalue weighted by molar-refractivity contribution is 5.88. The summed E-state index contributed by atoms with van der Waals surface area (Å²) in [5.74, 6) is -0.182. The van der Waals surface area contributed by atoms with Crippen LogP contribution in [0.15, 0.2) is 40.5 Å². The summed E-state index contributed by atoms with van der Waals surface area (Å²) in [5, 5.41) is 18.8. The molecule has 0 saturated heterocycles. The highest BCUT2D eigenvalue weighted by Crippen LogP contribution is 2.26. The van der Waals surface area contributed by atoms with Crippen LogP contribution < -0.4 is 5.43 Å². The fraction of sp³-hybridized carbons (Fsp3) is 0.214. The van der Waals surface area contributed by atoms with Crippen LogP contribution in [0.25, 0.3) is 11.5 Å². The Bertz CT molecular complexity index is 776. The molecule has 1 amide bonds. The summed E-state index contributed by atoms with van der Waals surface area (Å²) >= 11 is 0. The molecule has 0 unspecified atom stereocenters. The first-order valence-corrected chi connectivity index (χ1v) is 6.94. The van der Waals surface area contributed by atoms with Gasteiger partial charge in [-0.05, 0) is 13.0 Å². The maximum absolute atomic E-state index is 11.2. The molecule has 10 nitrogen and oxygen atoms in total. The van der Waals surface area contributed by atoms with Crippen molar-refractivity contribution in [2.75, 3.05) is 6.61 Å². The average molecular weight is 333 g/mol. The normalized spacial score (nSPS) is 10.7. The third kappa shape index (κ3) is 4.06. The fourth-order valence-electron chi connectivity index (χ4n) is 1.82. The van der Waals surface area contributed by atoms with Gasteiger partial charge in [-0.1, -0.05) is 6.08 Å². The van der Waals surface area contributed by atoms with E-state index in [0.717, 1.165) is 0 Å². The maximum atomic E-state index is 11.2. The predicted octanol–water partition coefficient (Wildman–Crippen LogP) is 2.32. The molecule has 24 heavy (non-hydrogen) atoms. The predicted molar refractivity (Wildman–Crippen MR) is 84.5 cm³/mol. The summed E-state index contributed by atoms with van der Waals surface area (Å²) in [5.41, 5.74) is 3.03. The zero-order valence-corrected chi connectivity index (χ0v) is 12.8. The second-order valence-electron chi connectivity index (χ2n) is 4.43. The van der Waals surface area contributed by atoms with Gasteiger partial charge in [-0.3, -0.25) is 14.8 Å². The van der Waals surface area contributed by atoms with Gasteiger partial charge in [0.1, 0.15) is 10.6 Å². The molecule has 126 valence electrons. The maximum Gasteiger partial charge on any atom is 0.433 e. The Morgan fingerprint density at radius 1 is 1.62 bits per heavy atom. The van der Waals surface area contributed by atoms with Crippen LogP contribution in [-0.4, -0.2) is 33.6 Å². The highest BCUT2D eigenvalue weighted by atomic mass is 16.6. The molecule has 0 aliphatic heterocycles. The number of rotatable bonds is 7. The molecule has 10 heteroatoms. The molecule has 1 N–H and O–H groups in total. The lowest BCUT2D eigenvalue weighted by molar-refractivity contribution is -0.401. The molecule has 0 aliphatic carbocycles. The van der Waals surface area contributed by atoms with Gasteiger partial charge < -0.3 is 9.15 Å². The molecular formula is C14H15N5O5. The van der Waals surface area contributed by atoms with Gasteiger partial charge in [0.05, 0.1) is 25.4 Å². The first kappa shape index (κ1) is 16.9. The molecule has 2 aromatic rings. The molecule has 0 saturated carbocycles. The molecule has 0 radical (unpaired) electrons. The van der Waals surface area contributed by atoms with Crippen molar-refractivity contribution < 1.29 is 18.9 Å². The lowest BCUT2D eigenvalue weighted by atomic mass is 10.2. The Kier molecular flexibility index (Phi) is 5.45. The summed E-state index contributed by atoms with van der Waals surface area (Å²) < 4.78 is 11.4. The van der Waals surface area contributed by atoms with E-state index in [4.69, 9.17) is 4.42 Å². The van der Waals surface area contributed by atoms with Gasteiger partial charge >= 0.3 is 12.0 Å². The molecule has 2 aromatic heterocycles. The lowest BCUT2D eigenvalue weighted by Crippen LogP contribution is -2.18. The van der Waals surface area contributed by atoms with Crippen LogP contribution in [0.1, 0.15) is 12.5 Å². The minimum Gasteiger partial charge on any atom is -0.449 e. The van der Waals surface area contributed by atoms with Crippen LogP contribution >= 0.6 is 0 Å².